The van der Waals surface area contributed by atoms with Gasteiger partial charge in [0.2, 0.25) is 0 Å². The third kappa shape index (κ3) is 2.11. The van der Waals surface area contributed by atoms with Crippen LogP contribution in [-0.4, -0.2) is 10.1 Å². The van der Waals surface area contributed by atoms with Crippen molar-refractivity contribution in [2.24, 2.45) is 0 Å². The first kappa shape index (κ1) is 10.9. The highest BCUT2D eigenvalue weighted by atomic mass is 32.1. The Morgan fingerprint density at radius 1 is 1.24 bits per heavy atom. The lowest BCUT2D eigenvalue weighted by Gasteiger charge is -2.06. The maximum absolute atomic E-state index is 10.1. The van der Waals surface area contributed by atoms with Crippen LogP contribution < -0.4 is 0 Å². The molecule has 0 spiro atoms. The zero-order chi connectivity index (χ0) is 11.7. The van der Waals surface area contributed by atoms with E-state index in [4.69, 9.17) is 0 Å². The van der Waals surface area contributed by atoms with E-state index < -0.39 is 6.10 Å². The standard InChI is InChI=1S/C13H11NOS2/c15-11(13-6-14-8-17-13)5-9-7-16-12-4-2-1-3-10(9)12/h1-4,6-8,11,15H,5H2. The van der Waals surface area contributed by atoms with Gasteiger partial charge in [0.15, 0.2) is 0 Å². The van der Waals surface area contributed by atoms with Crippen molar-refractivity contribution >= 4 is 32.8 Å². The minimum absolute atomic E-state index is 0.444. The Bertz CT molecular complexity index is 615. The summed E-state index contributed by atoms with van der Waals surface area (Å²) in [5.41, 5.74) is 2.97. The van der Waals surface area contributed by atoms with Gasteiger partial charge in [-0.3, -0.25) is 4.98 Å². The number of aliphatic hydroxyl groups excluding tert-OH is 1. The third-order valence-corrected chi connectivity index (χ3v) is 4.64. The SMILES string of the molecule is OC(Cc1csc2ccccc12)c1cncs1. The molecule has 0 aliphatic rings. The van der Waals surface area contributed by atoms with E-state index in [0.29, 0.717) is 6.42 Å². The highest BCUT2D eigenvalue weighted by Gasteiger charge is 2.12. The molecule has 2 aromatic heterocycles. The minimum Gasteiger partial charge on any atom is -0.387 e. The molecule has 0 saturated heterocycles. The summed E-state index contributed by atoms with van der Waals surface area (Å²) >= 11 is 3.23. The van der Waals surface area contributed by atoms with Crippen molar-refractivity contribution in [1.82, 2.24) is 4.98 Å². The summed E-state index contributed by atoms with van der Waals surface area (Å²) in [6, 6.07) is 8.31. The van der Waals surface area contributed by atoms with Crippen LogP contribution in [0.15, 0.2) is 41.4 Å². The maximum atomic E-state index is 10.1. The predicted molar refractivity (Wildman–Crippen MR) is 72.6 cm³/mol. The summed E-state index contributed by atoms with van der Waals surface area (Å²) in [6.45, 7) is 0. The topological polar surface area (TPSA) is 33.1 Å². The molecular formula is C13H11NOS2. The second-order valence-corrected chi connectivity index (χ2v) is 5.71. The van der Waals surface area contributed by atoms with Crippen molar-refractivity contribution in [3.05, 3.63) is 51.8 Å². The van der Waals surface area contributed by atoms with E-state index in [2.05, 4.69) is 22.5 Å². The van der Waals surface area contributed by atoms with Crippen LogP contribution in [0.5, 0.6) is 0 Å². The lowest BCUT2D eigenvalue weighted by Crippen LogP contribution is -1.98. The Morgan fingerprint density at radius 2 is 2.12 bits per heavy atom. The lowest BCUT2D eigenvalue weighted by molar-refractivity contribution is 0.182. The van der Waals surface area contributed by atoms with E-state index in [1.165, 1.54) is 27.0 Å². The molecule has 1 aromatic carbocycles. The van der Waals surface area contributed by atoms with Gasteiger partial charge >= 0.3 is 0 Å². The molecular weight excluding hydrogens is 250 g/mol. The number of thiophene rings is 1. The van der Waals surface area contributed by atoms with E-state index in [0.717, 1.165) is 4.88 Å². The molecule has 3 rings (SSSR count). The number of benzene rings is 1. The molecule has 4 heteroatoms. The monoisotopic (exact) mass is 261 g/mol. The normalized spacial score (nSPS) is 13.0. The molecule has 1 unspecified atom stereocenters. The number of nitrogens with zero attached hydrogens (tertiary/aromatic N) is 1. The molecule has 2 heterocycles. The van der Waals surface area contributed by atoms with Crippen LogP contribution in [0.3, 0.4) is 0 Å². The van der Waals surface area contributed by atoms with Gasteiger partial charge in [0.25, 0.3) is 0 Å². The van der Waals surface area contributed by atoms with Gasteiger partial charge in [0.05, 0.1) is 16.5 Å². The van der Waals surface area contributed by atoms with Crippen molar-refractivity contribution < 1.29 is 5.11 Å². The Morgan fingerprint density at radius 3 is 2.94 bits per heavy atom. The lowest BCUT2D eigenvalue weighted by atomic mass is 10.1. The summed E-state index contributed by atoms with van der Waals surface area (Å²) in [5, 5.41) is 13.5. The highest BCUT2D eigenvalue weighted by molar-refractivity contribution is 7.17. The van der Waals surface area contributed by atoms with E-state index >= 15 is 0 Å². The van der Waals surface area contributed by atoms with Gasteiger partial charge in [-0.2, -0.15) is 0 Å². The number of thiazole rings is 1. The molecule has 0 saturated carbocycles. The fourth-order valence-electron chi connectivity index (χ4n) is 1.89. The average molecular weight is 261 g/mol. The molecule has 0 bridgehead atoms. The third-order valence-electron chi connectivity index (χ3n) is 2.75. The van der Waals surface area contributed by atoms with Crippen molar-refractivity contribution in [1.29, 1.82) is 0 Å². The fraction of sp³-hybridized carbons (Fsp3) is 0.154. The highest BCUT2D eigenvalue weighted by Crippen LogP contribution is 2.30. The Labute approximate surface area is 107 Å². The smallest absolute Gasteiger partial charge is 0.0938 e. The Balaban J connectivity index is 1.90. The van der Waals surface area contributed by atoms with Gasteiger partial charge in [-0.05, 0) is 22.4 Å². The van der Waals surface area contributed by atoms with Crippen LogP contribution in [0.4, 0.5) is 0 Å². The largest absolute Gasteiger partial charge is 0.387 e. The molecule has 0 radical (unpaired) electrons. The van der Waals surface area contributed by atoms with Gasteiger partial charge in [-0.25, -0.2) is 0 Å². The van der Waals surface area contributed by atoms with Crippen LogP contribution in [-0.2, 0) is 6.42 Å². The summed E-state index contributed by atoms with van der Waals surface area (Å²) in [7, 11) is 0. The van der Waals surface area contributed by atoms with Gasteiger partial charge in [-0.1, -0.05) is 18.2 Å². The van der Waals surface area contributed by atoms with E-state index in [1.54, 1.807) is 23.0 Å². The minimum atomic E-state index is -0.444. The first-order valence-electron chi connectivity index (χ1n) is 5.36. The van der Waals surface area contributed by atoms with Crippen molar-refractivity contribution in [2.75, 3.05) is 0 Å². The quantitative estimate of drug-likeness (QED) is 0.781. The summed E-state index contributed by atoms with van der Waals surface area (Å²) < 4.78 is 1.28. The molecule has 1 N–H and O–H groups in total. The summed E-state index contributed by atoms with van der Waals surface area (Å²) in [6.07, 6.45) is 1.95. The molecule has 2 nitrogen and oxygen atoms in total. The molecule has 1 atom stereocenters. The predicted octanol–water partition coefficient (Wildman–Crippen LogP) is 3.63. The van der Waals surface area contributed by atoms with Crippen molar-refractivity contribution in [3.63, 3.8) is 0 Å². The maximum Gasteiger partial charge on any atom is 0.0938 e. The molecule has 0 amide bonds. The van der Waals surface area contributed by atoms with Crippen molar-refractivity contribution in [3.8, 4) is 0 Å². The first-order valence-corrected chi connectivity index (χ1v) is 7.12. The number of rotatable bonds is 3. The fourth-order valence-corrected chi connectivity index (χ4v) is 3.47. The van der Waals surface area contributed by atoms with Crippen LogP contribution in [0.25, 0.3) is 10.1 Å². The van der Waals surface area contributed by atoms with Crippen LogP contribution in [0, 0.1) is 0 Å². The zero-order valence-electron chi connectivity index (χ0n) is 9.04. The number of fused-ring (bicyclic) bond motifs is 1. The Kier molecular flexibility index (Phi) is 2.93. The zero-order valence-corrected chi connectivity index (χ0v) is 10.7. The van der Waals surface area contributed by atoms with Crippen LogP contribution >= 0.6 is 22.7 Å². The molecule has 0 aliphatic carbocycles. The van der Waals surface area contributed by atoms with Gasteiger partial charge in [0, 0.05) is 17.3 Å². The van der Waals surface area contributed by atoms with E-state index in [-0.39, 0.29) is 0 Å². The van der Waals surface area contributed by atoms with Gasteiger partial charge in [0.1, 0.15) is 0 Å². The van der Waals surface area contributed by atoms with Gasteiger partial charge in [-0.15, -0.1) is 22.7 Å². The Hall–Kier alpha value is -1.23. The number of hydrogen-bond acceptors (Lipinski definition) is 4. The molecule has 3 aromatic rings. The summed E-state index contributed by atoms with van der Waals surface area (Å²) in [5.74, 6) is 0. The first-order chi connectivity index (χ1) is 8.34. The molecule has 86 valence electrons. The van der Waals surface area contributed by atoms with Crippen LogP contribution in [0.1, 0.15) is 16.5 Å². The molecule has 0 aliphatic heterocycles. The molecule has 17 heavy (non-hydrogen) atoms. The second kappa shape index (κ2) is 4.56. The number of aromatic nitrogens is 1. The average Bonchev–Trinajstić information content (AvgIpc) is 2.98. The number of aliphatic hydroxyl groups is 1. The second-order valence-electron chi connectivity index (χ2n) is 3.88. The van der Waals surface area contributed by atoms with Crippen LogP contribution in [0.2, 0.25) is 0 Å². The van der Waals surface area contributed by atoms with Crippen molar-refractivity contribution in [2.45, 2.75) is 12.5 Å². The molecule has 0 fully saturated rings. The van der Waals surface area contributed by atoms with E-state index in [1.807, 2.05) is 12.1 Å². The van der Waals surface area contributed by atoms with Gasteiger partial charge < -0.3 is 5.11 Å². The number of hydrogen-bond donors (Lipinski definition) is 1. The summed E-state index contributed by atoms with van der Waals surface area (Å²) in [4.78, 5) is 4.93. The van der Waals surface area contributed by atoms with E-state index in [9.17, 15) is 5.11 Å².